The Labute approximate surface area is 126 Å². The van der Waals surface area contributed by atoms with Crippen molar-refractivity contribution in [3.8, 4) is 0 Å². The number of carbonyl (C=O) groups is 2. The van der Waals surface area contributed by atoms with Gasteiger partial charge in [-0.3, -0.25) is 4.79 Å². The summed E-state index contributed by atoms with van der Waals surface area (Å²) in [5, 5.41) is 5.42. The van der Waals surface area contributed by atoms with Gasteiger partial charge in [0, 0.05) is 6.54 Å². The maximum absolute atomic E-state index is 12.4. The van der Waals surface area contributed by atoms with Crippen molar-refractivity contribution in [3.05, 3.63) is 35.9 Å². The smallest absolute Gasteiger partial charge is 0.408 e. The molecule has 2 amide bonds. The molecule has 2 N–H and O–H groups in total. The molecule has 5 nitrogen and oxygen atoms in total. The molecule has 0 aliphatic rings. The zero-order valence-electron chi connectivity index (χ0n) is 13.3. The van der Waals surface area contributed by atoms with E-state index in [0.717, 1.165) is 0 Å². The highest BCUT2D eigenvalue weighted by Crippen LogP contribution is 2.22. The number of hydrogen-bond donors (Lipinski definition) is 2. The first-order valence-electron chi connectivity index (χ1n) is 7.04. The highest BCUT2D eigenvalue weighted by atomic mass is 16.6. The lowest BCUT2D eigenvalue weighted by molar-refractivity contribution is -0.127. The van der Waals surface area contributed by atoms with E-state index in [-0.39, 0.29) is 5.91 Å². The summed E-state index contributed by atoms with van der Waals surface area (Å²) >= 11 is 0. The predicted molar refractivity (Wildman–Crippen MR) is 81.8 cm³/mol. The van der Waals surface area contributed by atoms with Gasteiger partial charge in [-0.25, -0.2) is 4.79 Å². The van der Waals surface area contributed by atoms with E-state index < -0.39 is 17.2 Å². The van der Waals surface area contributed by atoms with Crippen molar-refractivity contribution in [1.82, 2.24) is 10.6 Å². The molecule has 21 heavy (non-hydrogen) atoms. The quantitative estimate of drug-likeness (QED) is 0.896. The van der Waals surface area contributed by atoms with Crippen LogP contribution < -0.4 is 10.6 Å². The Morgan fingerprint density at radius 3 is 2.14 bits per heavy atom. The van der Waals surface area contributed by atoms with Gasteiger partial charge in [-0.15, -0.1) is 0 Å². The number of rotatable bonds is 4. The monoisotopic (exact) mass is 292 g/mol. The lowest BCUT2D eigenvalue weighted by Crippen LogP contribution is -2.55. The first-order valence-corrected chi connectivity index (χ1v) is 7.04. The average molecular weight is 292 g/mol. The van der Waals surface area contributed by atoms with Crippen LogP contribution in [0.2, 0.25) is 0 Å². The Kier molecular flexibility index (Phi) is 5.35. The number of nitrogens with one attached hydrogen (secondary N) is 2. The number of alkyl carbamates (subject to hydrolysis) is 1. The van der Waals surface area contributed by atoms with Gasteiger partial charge in [0.1, 0.15) is 11.1 Å². The van der Waals surface area contributed by atoms with E-state index in [1.807, 2.05) is 25.1 Å². The molecule has 0 bridgehead atoms. The third kappa shape index (κ3) is 4.77. The number of carbonyl (C=O) groups excluding carboxylic acids is 2. The van der Waals surface area contributed by atoms with E-state index in [2.05, 4.69) is 10.6 Å². The third-order valence-electron chi connectivity index (χ3n) is 2.89. The van der Waals surface area contributed by atoms with Crippen LogP contribution in [0.15, 0.2) is 30.3 Å². The van der Waals surface area contributed by atoms with Gasteiger partial charge in [0.05, 0.1) is 0 Å². The number of hydrogen-bond acceptors (Lipinski definition) is 3. The van der Waals surface area contributed by atoms with E-state index in [4.69, 9.17) is 4.74 Å². The van der Waals surface area contributed by atoms with E-state index in [0.29, 0.717) is 12.1 Å². The predicted octanol–water partition coefficient (Wildman–Crippen LogP) is 2.56. The Morgan fingerprint density at radius 1 is 1.10 bits per heavy atom. The van der Waals surface area contributed by atoms with Crippen LogP contribution in [0.5, 0.6) is 0 Å². The first kappa shape index (κ1) is 17.0. The highest BCUT2D eigenvalue weighted by Gasteiger charge is 2.37. The van der Waals surface area contributed by atoms with E-state index in [1.54, 1.807) is 39.8 Å². The van der Waals surface area contributed by atoms with Crippen LogP contribution in [-0.2, 0) is 15.1 Å². The van der Waals surface area contributed by atoms with Crippen molar-refractivity contribution in [3.63, 3.8) is 0 Å². The summed E-state index contributed by atoms with van der Waals surface area (Å²) in [7, 11) is 0. The molecule has 0 aromatic heterocycles. The lowest BCUT2D eigenvalue weighted by Gasteiger charge is -2.31. The molecule has 1 rings (SSSR count). The minimum Gasteiger partial charge on any atom is -0.444 e. The normalized spacial score (nSPS) is 14.0. The third-order valence-corrected chi connectivity index (χ3v) is 2.89. The van der Waals surface area contributed by atoms with Crippen molar-refractivity contribution >= 4 is 12.0 Å². The van der Waals surface area contributed by atoms with Crippen LogP contribution in [0.1, 0.15) is 40.2 Å². The highest BCUT2D eigenvalue weighted by molar-refractivity contribution is 5.90. The maximum atomic E-state index is 12.4. The second-order valence-electron chi connectivity index (χ2n) is 5.98. The summed E-state index contributed by atoms with van der Waals surface area (Å²) in [5.41, 5.74) is -1.11. The molecule has 1 atom stereocenters. The van der Waals surface area contributed by atoms with Crippen LogP contribution in [-0.4, -0.2) is 24.1 Å². The summed E-state index contributed by atoms with van der Waals surface area (Å²) in [6, 6.07) is 9.10. The van der Waals surface area contributed by atoms with Gasteiger partial charge < -0.3 is 15.4 Å². The van der Waals surface area contributed by atoms with Crippen LogP contribution >= 0.6 is 0 Å². The fraction of sp³-hybridized carbons (Fsp3) is 0.500. The second-order valence-corrected chi connectivity index (χ2v) is 5.98. The summed E-state index contributed by atoms with van der Waals surface area (Å²) in [5.74, 6) is -0.276. The Bertz CT molecular complexity index is 494. The first-order chi connectivity index (χ1) is 9.69. The van der Waals surface area contributed by atoms with E-state index in [9.17, 15) is 9.59 Å². The van der Waals surface area contributed by atoms with Gasteiger partial charge in [0.15, 0.2) is 0 Å². The Hall–Kier alpha value is -2.04. The minimum absolute atomic E-state index is 0.276. The fourth-order valence-corrected chi connectivity index (χ4v) is 1.88. The minimum atomic E-state index is -1.18. The van der Waals surface area contributed by atoms with Gasteiger partial charge in [-0.1, -0.05) is 30.3 Å². The van der Waals surface area contributed by atoms with Gasteiger partial charge in [0.25, 0.3) is 0 Å². The molecule has 0 saturated carbocycles. The summed E-state index contributed by atoms with van der Waals surface area (Å²) < 4.78 is 5.25. The number of likely N-dealkylation sites (N-methyl/N-ethyl adjacent to an activating group) is 1. The van der Waals surface area contributed by atoms with Crippen LogP contribution in [0.4, 0.5) is 4.79 Å². The topological polar surface area (TPSA) is 67.4 Å². The van der Waals surface area contributed by atoms with Crippen molar-refractivity contribution in [1.29, 1.82) is 0 Å². The van der Waals surface area contributed by atoms with E-state index in [1.165, 1.54) is 0 Å². The molecule has 0 saturated heterocycles. The van der Waals surface area contributed by atoms with Gasteiger partial charge in [-0.2, -0.15) is 0 Å². The van der Waals surface area contributed by atoms with Gasteiger partial charge >= 0.3 is 6.09 Å². The molecular formula is C16H24N2O3. The largest absolute Gasteiger partial charge is 0.444 e. The molecule has 5 heteroatoms. The lowest BCUT2D eigenvalue weighted by atomic mass is 9.91. The zero-order chi connectivity index (χ0) is 16.1. The van der Waals surface area contributed by atoms with E-state index >= 15 is 0 Å². The molecule has 1 aromatic carbocycles. The SMILES string of the molecule is CCNC(=O)[C@@](C)(NC(=O)OC(C)(C)C)c1ccccc1. The molecule has 0 unspecified atom stereocenters. The van der Waals surface area contributed by atoms with Gasteiger partial charge in [-0.05, 0) is 40.2 Å². The fourth-order valence-electron chi connectivity index (χ4n) is 1.88. The molecule has 0 spiro atoms. The van der Waals surface area contributed by atoms with Crippen molar-refractivity contribution in [2.75, 3.05) is 6.54 Å². The zero-order valence-corrected chi connectivity index (χ0v) is 13.3. The molecule has 0 aliphatic carbocycles. The number of ether oxygens (including phenoxy) is 1. The molecular weight excluding hydrogens is 268 g/mol. The maximum Gasteiger partial charge on any atom is 0.408 e. The standard InChI is InChI=1S/C16H24N2O3/c1-6-17-13(19)16(5,12-10-8-7-9-11-12)18-14(20)21-15(2,3)4/h7-11H,6H2,1-5H3,(H,17,19)(H,18,20)/t16-/m0/s1. The Morgan fingerprint density at radius 2 is 1.67 bits per heavy atom. The molecule has 0 radical (unpaired) electrons. The number of benzene rings is 1. The summed E-state index contributed by atoms with van der Waals surface area (Å²) in [6.07, 6.45) is -0.625. The van der Waals surface area contributed by atoms with Crippen molar-refractivity contribution in [2.24, 2.45) is 0 Å². The molecule has 1 aromatic rings. The molecule has 0 fully saturated rings. The van der Waals surface area contributed by atoms with Gasteiger partial charge in [0.2, 0.25) is 5.91 Å². The summed E-state index contributed by atoms with van der Waals surface area (Å²) in [4.78, 5) is 24.4. The second kappa shape index (κ2) is 6.61. The van der Waals surface area contributed by atoms with Crippen molar-refractivity contribution < 1.29 is 14.3 Å². The summed E-state index contributed by atoms with van der Waals surface area (Å²) in [6.45, 7) is 9.31. The molecule has 0 aliphatic heterocycles. The molecule has 0 heterocycles. The van der Waals surface area contributed by atoms with Crippen molar-refractivity contribution in [2.45, 2.75) is 45.8 Å². The van der Waals surface area contributed by atoms with Crippen LogP contribution in [0, 0.1) is 0 Å². The average Bonchev–Trinajstić information content (AvgIpc) is 2.37. The van der Waals surface area contributed by atoms with Crippen LogP contribution in [0.3, 0.4) is 0 Å². The molecule has 116 valence electrons. The van der Waals surface area contributed by atoms with Crippen LogP contribution in [0.25, 0.3) is 0 Å². The number of amides is 2. The Balaban J connectivity index is 3.04.